The summed E-state index contributed by atoms with van der Waals surface area (Å²) in [5.41, 5.74) is 2.98. The van der Waals surface area contributed by atoms with E-state index < -0.39 is 0 Å². The second-order valence-electron chi connectivity index (χ2n) is 5.30. The van der Waals surface area contributed by atoms with Crippen LogP contribution in [0.5, 0.6) is 5.75 Å². The molecule has 0 bridgehead atoms. The maximum Gasteiger partial charge on any atom is 0.119 e. The van der Waals surface area contributed by atoms with Crippen molar-refractivity contribution in [3.05, 3.63) is 29.3 Å². The van der Waals surface area contributed by atoms with Crippen molar-refractivity contribution in [2.45, 2.75) is 37.8 Å². The van der Waals surface area contributed by atoms with Crippen molar-refractivity contribution >= 4 is 11.8 Å². The van der Waals surface area contributed by atoms with E-state index in [2.05, 4.69) is 35.3 Å². The highest BCUT2D eigenvalue weighted by atomic mass is 32.2. The second-order valence-corrected chi connectivity index (χ2v) is 6.45. The van der Waals surface area contributed by atoms with Crippen LogP contribution in [0.4, 0.5) is 0 Å². The Kier molecular flexibility index (Phi) is 3.80. The smallest absolute Gasteiger partial charge is 0.119 e. The van der Waals surface area contributed by atoms with Crippen LogP contribution in [0.2, 0.25) is 0 Å². The summed E-state index contributed by atoms with van der Waals surface area (Å²) < 4.78 is 5.33. The van der Waals surface area contributed by atoms with Gasteiger partial charge in [0.1, 0.15) is 5.75 Å². The van der Waals surface area contributed by atoms with E-state index in [9.17, 15) is 0 Å². The first-order valence-corrected chi connectivity index (χ1v) is 8.00. The molecule has 1 heterocycles. The molecule has 3 rings (SSSR count). The van der Waals surface area contributed by atoms with Gasteiger partial charge in [-0.1, -0.05) is 6.07 Å². The summed E-state index contributed by atoms with van der Waals surface area (Å²) >= 11 is 2.08. The molecule has 2 aliphatic rings. The molecule has 1 aliphatic carbocycles. The molecular formula is C15H21NOS. The zero-order valence-electron chi connectivity index (χ0n) is 10.9. The number of benzene rings is 1. The Bertz CT molecular complexity index is 415. The van der Waals surface area contributed by atoms with Gasteiger partial charge < -0.3 is 10.1 Å². The maximum absolute atomic E-state index is 5.33. The SMILES string of the molecule is COc1ccc2c(c1)CC(NC1CCSC1)CC2. The van der Waals surface area contributed by atoms with Gasteiger partial charge in [-0.25, -0.2) is 0 Å². The fourth-order valence-corrected chi connectivity index (χ4v) is 4.17. The first kappa shape index (κ1) is 12.4. The Hall–Kier alpha value is -0.670. The summed E-state index contributed by atoms with van der Waals surface area (Å²) in [6.45, 7) is 0. The Morgan fingerprint density at radius 1 is 1.22 bits per heavy atom. The van der Waals surface area contributed by atoms with E-state index in [-0.39, 0.29) is 0 Å². The van der Waals surface area contributed by atoms with E-state index in [1.54, 1.807) is 7.11 Å². The van der Waals surface area contributed by atoms with Gasteiger partial charge in [-0.15, -0.1) is 0 Å². The van der Waals surface area contributed by atoms with Crippen molar-refractivity contribution in [2.24, 2.45) is 0 Å². The van der Waals surface area contributed by atoms with Gasteiger partial charge in [-0.3, -0.25) is 0 Å². The Morgan fingerprint density at radius 2 is 2.17 bits per heavy atom. The fourth-order valence-electron chi connectivity index (χ4n) is 3.00. The van der Waals surface area contributed by atoms with Crippen molar-refractivity contribution in [3.63, 3.8) is 0 Å². The number of thioether (sulfide) groups is 1. The monoisotopic (exact) mass is 263 g/mol. The second kappa shape index (κ2) is 5.54. The number of hydrogen-bond acceptors (Lipinski definition) is 3. The molecule has 1 aromatic rings. The zero-order valence-corrected chi connectivity index (χ0v) is 11.8. The van der Waals surface area contributed by atoms with Crippen LogP contribution in [-0.4, -0.2) is 30.7 Å². The van der Waals surface area contributed by atoms with Crippen molar-refractivity contribution in [3.8, 4) is 5.75 Å². The number of fused-ring (bicyclic) bond motifs is 1. The highest BCUT2D eigenvalue weighted by molar-refractivity contribution is 7.99. The van der Waals surface area contributed by atoms with Crippen molar-refractivity contribution in [2.75, 3.05) is 18.6 Å². The molecule has 1 aliphatic heterocycles. The number of rotatable bonds is 3. The average Bonchev–Trinajstić information content (AvgIpc) is 2.90. The normalized spacial score (nSPS) is 26.9. The molecule has 1 fully saturated rings. The molecule has 18 heavy (non-hydrogen) atoms. The van der Waals surface area contributed by atoms with E-state index in [4.69, 9.17) is 4.74 Å². The highest BCUT2D eigenvalue weighted by Crippen LogP contribution is 2.27. The van der Waals surface area contributed by atoms with Crippen molar-refractivity contribution in [1.82, 2.24) is 5.32 Å². The third-order valence-corrected chi connectivity index (χ3v) is 5.21. The lowest BCUT2D eigenvalue weighted by atomic mass is 9.87. The minimum absolute atomic E-state index is 0.660. The summed E-state index contributed by atoms with van der Waals surface area (Å²) in [4.78, 5) is 0. The summed E-state index contributed by atoms with van der Waals surface area (Å²) in [6, 6.07) is 7.93. The van der Waals surface area contributed by atoms with Gasteiger partial charge >= 0.3 is 0 Å². The molecule has 2 atom stereocenters. The lowest BCUT2D eigenvalue weighted by molar-refractivity contribution is 0.401. The summed E-state index contributed by atoms with van der Waals surface area (Å²) in [5, 5.41) is 3.83. The van der Waals surface area contributed by atoms with E-state index in [0.29, 0.717) is 6.04 Å². The Balaban J connectivity index is 1.67. The molecule has 1 aromatic carbocycles. The van der Waals surface area contributed by atoms with Crippen LogP contribution in [0.15, 0.2) is 18.2 Å². The van der Waals surface area contributed by atoms with Crippen LogP contribution < -0.4 is 10.1 Å². The largest absolute Gasteiger partial charge is 0.497 e. The van der Waals surface area contributed by atoms with E-state index >= 15 is 0 Å². The van der Waals surface area contributed by atoms with Crippen LogP contribution in [0.3, 0.4) is 0 Å². The molecule has 2 nitrogen and oxygen atoms in total. The first-order chi connectivity index (χ1) is 8.85. The molecule has 3 heteroatoms. The van der Waals surface area contributed by atoms with Gasteiger partial charge in [0.25, 0.3) is 0 Å². The van der Waals surface area contributed by atoms with Gasteiger partial charge in [-0.05, 0) is 54.7 Å². The topological polar surface area (TPSA) is 21.3 Å². The van der Waals surface area contributed by atoms with E-state index in [0.717, 1.165) is 18.2 Å². The van der Waals surface area contributed by atoms with Crippen LogP contribution >= 0.6 is 11.8 Å². The standard InChI is InChI=1S/C15H21NOS/c1-17-15-5-3-11-2-4-13(8-12(11)9-15)16-14-6-7-18-10-14/h3,5,9,13-14,16H,2,4,6-8,10H2,1H3. The molecule has 0 amide bonds. The number of nitrogens with one attached hydrogen (secondary N) is 1. The zero-order chi connectivity index (χ0) is 12.4. The average molecular weight is 263 g/mol. The van der Waals surface area contributed by atoms with Crippen LogP contribution in [0, 0.1) is 0 Å². The molecule has 0 spiro atoms. The quantitative estimate of drug-likeness (QED) is 0.906. The van der Waals surface area contributed by atoms with E-state index in [1.807, 2.05) is 0 Å². The summed E-state index contributed by atoms with van der Waals surface area (Å²) in [7, 11) is 1.75. The van der Waals surface area contributed by atoms with Gasteiger partial charge in [0.05, 0.1) is 7.11 Å². The molecule has 0 aromatic heterocycles. The predicted octanol–water partition coefficient (Wildman–Crippen LogP) is 2.65. The van der Waals surface area contributed by atoms with Gasteiger partial charge in [-0.2, -0.15) is 11.8 Å². The Morgan fingerprint density at radius 3 is 2.94 bits per heavy atom. The molecule has 1 saturated heterocycles. The number of ether oxygens (including phenoxy) is 1. The summed E-state index contributed by atoms with van der Waals surface area (Å²) in [5.74, 6) is 3.61. The predicted molar refractivity (Wildman–Crippen MR) is 77.7 cm³/mol. The number of methoxy groups -OCH3 is 1. The third-order valence-electron chi connectivity index (χ3n) is 4.04. The Labute approximate surface area is 113 Å². The highest BCUT2D eigenvalue weighted by Gasteiger charge is 2.23. The van der Waals surface area contributed by atoms with Gasteiger partial charge in [0.15, 0.2) is 0 Å². The minimum Gasteiger partial charge on any atom is -0.497 e. The molecular weight excluding hydrogens is 242 g/mol. The lowest BCUT2D eigenvalue weighted by Crippen LogP contribution is -2.41. The molecule has 0 radical (unpaired) electrons. The number of aryl methyl sites for hydroxylation is 1. The molecule has 1 N–H and O–H groups in total. The summed E-state index contributed by atoms with van der Waals surface area (Å²) in [6.07, 6.45) is 4.98. The van der Waals surface area contributed by atoms with Crippen LogP contribution in [0.1, 0.15) is 24.0 Å². The number of hydrogen-bond donors (Lipinski definition) is 1. The fraction of sp³-hybridized carbons (Fsp3) is 0.600. The first-order valence-electron chi connectivity index (χ1n) is 6.85. The van der Waals surface area contributed by atoms with Gasteiger partial charge in [0.2, 0.25) is 0 Å². The molecule has 0 saturated carbocycles. The molecule has 98 valence electrons. The van der Waals surface area contributed by atoms with Crippen molar-refractivity contribution < 1.29 is 4.74 Å². The maximum atomic E-state index is 5.33. The van der Waals surface area contributed by atoms with E-state index in [1.165, 1.54) is 41.9 Å². The van der Waals surface area contributed by atoms with Crippen LogP contribution in [0.25, 0.3) is 0 Å². The van der Waals surface area contributed by atoms with Gasteiger partial charge in [0, 0.05) is 17.8 Å². The van der Waals surface area contributed by atoms with Crippen molar-refractivity contribution in [1.29, 1.82) is 0 Å². The lowest BCUT2D eigenvalue weighted by Gasteiger charge is -2.28. The minimum atomic E-state index is 0.660. The third kappa shape index (κ3) is 2.67. The van der Waals surface area contributed by atoms with Crippen LogP contribution in [-0.2, 0) is 12.8 Å². The molecule has 2 unspecified atom stereocenters.